The average molecular weight is 318 g/mol. The molecular weight excluding hydrogens is 302 g/mol. The van der Waals surface area contributed by atoms with Crippen molar-refractivity contribution >= 4 is 20.2 Å². The van der Waals surface area contributed by atoms with E-state index in [9.17, 15) is 25.9 Å². The largest absolute Gasteiger partial charge is 1.00 e. The summed E-state index contributed by atoms with van der Waals surface area (Å²) in [7, 11) is -8.22. The molecule has 0 saturated heterocycles. The van der Waals surface area contributed by atoms with Gasteiger partial charge in [-0.3, -0.25) is 0 Å². The van der Waals surface area contributed by atoms with Gasteiger partial charge in [-0.25, -0.2) is 16.8 Å². The standard InChI is InChI=1S/C8H18O6S2.2Na/c9-15(10,11)7-5-3-1-2-4-6-8-16(12,13)14;;/h1-8H2,(H,9,10,11)(H,12,13,14);;/q;2*+1/p-2. The molecule has 0 radical (unpaired) electrons. The van der Waals surface area contributed by atoms with Gasteiger partial charge in [-0.05, 0) is 12.8 Å². The molecule has 0 saturated carbocycles. The molecular formula is C8H16Na2O6S2. The average Bonchev–Trinajstić information content (AvgIpc) is 2.06. The second kappa shape index (κ2) is 12.6. The molecule has 10 heteroatoms. The molecule has 0 bridgehead atoms. The van der Waals surface area contributed by atoms with Gasteiger partial charge in [0.1, 0.15) is 0 Å². The van der Waals surface area contributed by atoms with Crippen LogP contribution in [0.4, 0.5) is 0 Å². The third kappa shape index (κ3) is 23.0. The summed E-state index contributed by atoms with van der Waals surface area (Å²) >= 11 is 0. The van der Waals surface area contributed by atoms with Crippen molar-refractivity contribution in [2.45, 2.75) is 38.5 Å². The molecule has 0 atom stereocenters. The second-order valence-corrected chi connectivity index (χ2v) is 6.69. The van der Waals surface area contributed by atoms with Gasteiger partial charge in [0.2, 0.25) is 0 Å². The van der Waals surface area contributed by atoms with Crippen LogP contribution in [-0.2, 0) is 20.2 Å². The Kier molecular flexibility index (Phi) is 17.3. The maximum atomic E-state index is 10.2. The summed E-state index contributed by atoms with van der Waals surface area (Å²) in [6.07, 6.45) is 3.43. The van der Waals surface area contributed by atoms with Crippen molar-refractivity contribution < 1.29 is 85.1 Å². The van der Waals surface area contributed by atoms with Crippen LogP contribution < -0.4 is 59.1 Å². The Morgan fingerprint density at radius 2 is 0.778 bits per heavy atom. The molecule has 0 heterocycles. The van der Waals surface area contributed by atoms with E-state index in [0.717, 1.165) is 12.8 Å². The maximum absolute atomic E-state index is 10.2. The zero-order chi connectivity index (χ0) is 12.7. The van der Waals surface area contributed by atoms with Crippen LogP contribution in [-0.4, -0.2) is 37.4 Å². The van der Waals surface area contributed by atoms with Crippen LogP contribution in [0.25, 0.3) is 0 Å². The van der Waals surface area contributed by atoms with Crippen molar-refractivity contribution in [3.8, 4) is 0 Å². The molecule has 0 amide bonds. The van der Waals surface area contributed by atoms with Gasteiger partial charge in [-0.1, -0.05) is 25.7 Å². The third-order valence-electron chi connectivity index (χ3n) is 2.04. The van der Waals surface area contributed by atoms with E-state index < -0.39 is 20.2 Å². The smallest absolute Gasteiger partial charge is 0.748 e. The molecule has 18 heavy (non-hydrogen) atoms. The van der Waals surface area contributed by atoms with E-state index in [2.05, 4.69) is 0 Å². The summed E-state index contributed by atoms with van der Waals surface area (Å²) in [5, 5.41) is 0. The van der Waals surface area contributed by atoms with E-state index in [-0.39, 0.29) is 70.6 Å². The van der Waals surface area contributed by atoms with Crippen LogP contribution in [0.5, 0.6) is 0 Å². The van der Waals surface area contributed by atoms with Gasteiger partial charge in [0, 0.05) is 11.5 Å². The molecule has 0 fully saturated rings. The Morgan fingerprint density at radius 3 is 1.00 bits per heavy atom. The van der Waals surface area contributed by atoms with Crippen LogP contribution in [0.2, 0.25) is 0 Å². The minimum absolute atomic E-state index is 0. The summed E-state index contributed by atoms with van der Waals surface area (Å²) in [5.41, 5.74) is 0. The fourth-order valence-electron chi connectivity index (χ4n) is 1.26. The Bertz CT molecular complexity index is 340. The minimum Gasteiger partial charge on any atom is -0.748 e. The minimum atomic E-state index is -4.11. The van der Waals surface area contributed by atoms with Crippen molar-refractivity contribution in [2.24, 2.45) is 0 Å². The van der Waals surface area contributed by atoms with E-state index in [1.807, 2.05) is 0 Å². The van der Waals surface area contributed by atoms with Crippen molar-refractivity contribution in [1.29, 1.82) is 0 Å². The Hall–Kier alpha value is 1.82. The van der Waals surface area contributed by atoms with Gasteiger partial charge in [0.15, 0.2) is 0 Å². The van der Waals surface area contributed by atoms with Gasteiger partial charge in [-0.15, -0.1) is 0 Å². The van der Waals surface area contributed by atoms with Gasteiger partial charge in [0.05, 0.1) is 20.2 Å². The monoisotopic (exact) mass is 318 g/mol. The number of unbranched alkanes of at least 4 members (excludes halogenated alkanes) is 5. The summed E-state index contributed by atoms with van der Waals surface area (Å²) in [5.74, 6) is -0.691. The van der Waals surface area contributed by atoms with E-state index in [0.29, 0.717) is 25.7 Å². The van der Waals surface area contributed by atoms with Crippen LogP contribution in [0.15, 0.2) is 0 Å². The first kappa shape index (κ1) is 24.8. The van der Waals surface area contributed by atoms with Crippen molar-refractivity contribution in [1.82, 2.24) is 0 Å². The number of hydrogen-bond acceptors (Lipinski definition) is 6. The third-order valence-corrected chi connectivity index (χ3v) is 3.62. The molecule has 0 aromatic heterocycles. The summed E-state index contributed by atoms with van der Waals surface area (Å²) in [6.45, 7) is 0. The molecule has 0 aromatic carbocycles. The van der Waals surface area contributed by atoms with Gasteiger partial charge >= 0.3 is 59.1 Å². The Morgan fingerprint density at radius 1 is 0.556 bits per heavy atom. The van der Waals surface area contributed by atoms with Crippen molar-refractivity contribution in [3.05, 3.63) is 0 Å². The molecule has 0 rings (SSSR count). The summed E-state index contributed by atoms with van der Waals surface area (Å²) in [4.78, 5) is 0. The Balaban J connectivity index is -0.00000112. The van der Waals surface area contributed by atoms with Crippen molar-refractivity contribution in [3.63, 3.8) is 0 Å². The van der Waals surface area contributed by atoms with E-state index >= 15 is 0 Å². The van der Waals surface area contributed by atoms with E-state index in [4.69, 9.17) is 0 Å². The van der Waals surface area contributed by atoms with Crippen LogP contribution in [0.3, 0.4) is 0 Å². The molecule has 0 N–H and O–H groups in total. The molecule has 0 aliphatic rings. The quantitative estimate of drug-likeness (QED) is 0.238. The number of rotatable bonds is 9. The SMILES string of the molecule is O=S(=O)([O-])CCCCCCCCS(=O)(=O)[O-].[Na+].[Na+]. The number of hydrogen-bond donors (Lipinski definition) is 0. The molecule has 6 nitrogen and oxygen atoms in total. The first-order chi connectivity index (χ1) is 7.21. The molecule has 98 valence electrons. The van der Waals surface area contributed by atoms with Gasteiger partial charge in [0.25, 0.3) is 0 Å². The molecule has 0 aliphatic carbocycles. The molecule has 0 spiro atoms. The van der Waals surface area contributed by atoms with Gasteiger partial charge in [-0.2, -0.15) is 0 Å². The van der Waals surface area contributed by atoms with Crippen LogP contribution in [0.1, 0.15) is 38.5 Å². The van der Waals surface area contributed by atoms with Crippen LogP contribution in [0, 0.1) is 0 Å². The van der Waals surface area contributed by atoms with E-state index in [1.165, 1.54) is 0 Å². The predicted molar refractivity (Wildman–Crippen MR) is 56.8 cm³/mol. The fourth-order valence-corrected chi connectivity index (χ4v) is 2.38. The molecule has 0 unspecified atom stereocenters. The van der Waals surface area contributed by atoms with Crippen LogP contribution >= 0.6 is 0 Å². The molecule has 0 aliphatic heterocycles. The fraction of sp³-hybridized carbons (Fsp3) is 1.00. The summed E-state index contributed by atoms with van der Waals surface area (Å²) < 4.78 is 61.3. The van der Waals surface area contributed by atoms with E-state index in [1.54, 1.807) is 0 Å². The zero-order valence-corrected chi connectivity index (χ0v) is 16.6. The van der Waals surface area contributed by atoms with Gasteiger partial charge < -0.3 is 9.11 Å². The predicted octanol–water partition coefficient (Wildman–Crippen LogP) is -5.57. The first-order valence-corrected chi connectivity index (χ1v) is 8.23. The normalized spacial score (nSPS) is 11.4. The second-order valence-electron chi connectivity index (χ2n) is 3.64. The maximum Gasteiger partial charge on any atom is 1.00 e. The zero-order valence-electron chi connectivity index (χ0n) is 10.9. The Labute approximate surface area is 153 Å². The first-order valence-electron chi connectivity index (χ1n) is 5.08. The van der Waals surface area contributed by atoms with Crippen molar-refractivity contribution in [2.75, 3.05) is 11.5 Å². The molecule has 0 aromatic rings. The topological polar surface area (TPSA) is 114 Å². The summed E-state index contributed by atoms with van der Waals surface area (Å²) in [6, 6.07) is 0.